The first-order valence-electron chi connectivity index (χ1n) is 4.04. The second-order valence-electron chi connectivity index (χ2n) is 3.35. The summed E-state index contributed by atoms with van der Waals surface area (Å²) in [5.41, 5.74) is 5.36. The molecule has 0 bridgehead atoms. The molecule has 14 heavy (non-hydrogen) atoms. The van der Waals surface area contributed by atoms with Gasteiger partial charge in [0.2, 0.25) is 0 Å². The van der Waals surface area contributed by atoms with Gasteiger partial charge in [0.05, 0.1) is 22.7 Å². The predicted molar refractivity (Wildman–Crippen MR) is 53.0 cm³/mol. The van der Waals surface area contributed by atoms with E-state index in [4.69, 9.17) is 22.4 Å². The zero-order valence-corrected chi connectivity index (χ0v) is 8.45. The van der Waals surface area contributed by atoms with Crippen LogP contribution in [0.2, 0.25) is 5.02 Å². The van der Waals surface area contributed by atoms with Gasteiger partial charge in [-0.15, -0.1) is 0 Å². The van der Waals surface area contributed by atoms with Gasteiger partial charge < -0.3 is 10.8 Å². The van der Waals surface area contributed by atoms with Crippen molar-refractivity contribution in [3.05, 3.63) is 29.0 Å². The first kappa shape index (κ1) is 10.9. The van der Waals surface area contributed by atoms with E-state index in [1.165, 1.54) is 6.20 Å². The highest BCUT2D eigenvalue weighted by atomic mass is 35.5. The van der Waals surface area contributed by atoms with E-state index in [0.717, 1.165) is 0 Å². The minimum absolute atomic E-state index is 0.165. The summed E-state index contributed by atoms with van der Waals surface area (Å²) in [6.45, 7) is 1.62. The molecule has 0 saturated heterocycles. The Kier molecular flexibility index (Phi) is 3.08. The number of carbonyl (C=O) groups is 1. The number of nitrogens with two attached hydrogens (primary N) is 1. The van der Waals surface area contributed by atoms with E-state index in [1.54, 1.807) is 19.1 Å². The number of aromatic nitrogens is 1. The van der Waals surface area contributed by atoms with E-state index >= 15 is 0 Å². The summed E-state index contributed by atoms with van der Waals surface area (Å²) in [5, 5.41) is 9.13. The monoisotopic (exact) mass is 214 g/mol. The van der Waals surface area contributed by atoms with Crippen molar-refractivity contribution in [2.45, 2.75) is 18.9 Å². The molecule has 1 aromatic rings. The number of carboxylic acids is 1. The van der Waals surface area contributed by atoms with Crippen LogP contribution in [0.4, 0.5) is 0 Å². The van der Waals surface area contributed by atoms with Crippen molar-refractivity contribution >= 4 is 17.6 Å². The number of hydrogen-bond donors (Lipinski definition) is 2. The molecule has 0 saturated carbocycles. The van der Waals surface area contributed by atoms with Crippen molar-refractivity contribution in [1.29, 1.82) is 0 Å². The second-order valence-corrected chi connectivity index (χ2v) is 3.79. The minimum atomic E-state index is -0.962. The van der Waals surface area contributed by atoms with Gasteiger partial charge in [0.25, 0.3) is 0 Å². The third-order valence-electron chi connectivity index (χ3n) is 1.83. The van der Waals surface area contributed by atoms with Crippen LogP contribution in [0, 0.1) is 0 Å². The van der Waals surface area contributed by atoms with Crippen LogP contribution >= 0.6 is 11.6 Å². The summed E-state index contributed by atoms with van der Waals surface area (Å²) < 4.78 is 0. The molecule has 4 nitrogen and oxygen atoms in total. The van der Waals surface area contributed by atoms with Gasteiger partial charge in [0.1, 0.15) is 0 Å². The molecule has 0 aliphatic heterocycles. The molecule has 0 aromatic carbocycles. The molecule has 1 rings (SSSR count). The van der Waals surface area contributed by atoms with Gasteiger partial charge in [-0.25, -0.2) is 0 Å². The third-order valence-corrected chi connectivity index (χ3v) is 2.05. The number of pyridine rings is 1. The number of aliphatic carboxylic acids is 1. The van der Waals surface area contributed by atoms with Crippen LogP contribution in [0.1, 0.15) is 19.0 Å². The maximum absolute atomic E-state index is 10.5. The van der Waals surface area contributed by atoms with Gasteiger partial charge in [-0.3, -0.25) is 9.78 Å². The number of rotatable bonds is 3. The van der Waals surface area contributed by atoms with Gasteiger partial charge in [0.15, 0.2) is 0 Å². The smallest absolute Gasteiger partial charge is 0.305 e. The summed E-state index contributed by atoms with van der Waals surface area (Å²) in [5.74, 6) is -0.952. The van der Waals surface area contributed by atoms with Crippen molar-refractivity contribution in [2.75, 3.05) is 0 Å². The molecular weight excluding hydrogens is 204 g/mol. The van der Waals surface area contributed by atoms with E-state index in [0.29, 0.717) is 10.7 Å². The third kappa shape index (κ3) is 2.68. The lowest BCUT2D eigenvalue weighted by Gasteiger charge is -2.21. The predicted octanol–water partition coefficient (Wildman–Crippen LogP) is 1.38. The van der Waals surface area contributed by atoms with Crippen LogP contribution in [0.15, 0.2) is 18.3 Å². The molecule has 3 N–H and O–H groups in total. The molecule has 1 atom stereocenters. The molecule has 76 valence electrons. The summed E-state index contributed by atoms with van der Waals surface area (Å²) in [6.07, 6.45) is 1.28. The van der Waals surface area contributed by atoms with Gasteiger partial charge in [-0.1, -0.05) is 11.6 Å². The Morgan fingerprint density at radius 2 is 2.36 bits per heavy atom. The highest BCUT2D eigenvalue weighted by Gasteiger charge is 2.25. The Hall–Kier alpha value is -1.13. The Labute approximate surface area is 86.7 Å². The minimum Gasteiger partial charge on any atom is -0.481 e. The number of nitrogens with zero attached hydrogens (tertiary/aromatic N) is 1. The van der Waals surface area contributed by atoms with Gasteiger partial charge >= 0.3 is 5.97 Å². The highest BCUT2D eigenvalue weighted by Crippen LogP contribution is 2.20. The maximum Gasteiger partial charge on any atom is 0.305 e. The zero-order chi connectivity index (χ0) is 10.8. The Morgan fingerprint density at radius 3 is 2.79 bits per heavy atom. The molecule has 0 aliphatic carbocycles. The van der Waals surface area contributed by atoms with Crippen LogP contribution in [-0.2, 0) is 10.3 Å². The lowest BCUT2D eigenvalue weighted by molar-refractivity contribution is -0.138. The molecule has 0 unspecified atom stereocenters. The lowest BCUT2D eigenvalue weighted by atomic mass is 9.94. The summed E-state index contributed by atoms with van der Waals surface area (Å²) >= 11 is 5.65. The van der Waals surface area contributed by atoms with Crippen molar-refractivity contribution in [2.24, 2.45) is 5.73 Å². The number of carboxylic acid groups (broad SMARTS) is 1. The van der Waals surface area contributed by atoms with E-state index in [9.17, 15) is 4.79 Å². The maximum atomic E-state index is 10.5. The fourth-order valence-electron chi connectivity index (χ4n) is 1.12. The summed E-state index contributed by atoms with van der Waals surface area (Å²) in [7, 11) is 0. The molecule has 0 fully saturated rings. The Morgan fingerprint density at radius 1 is 1.71 bits per heavy atom. The number of hydrogen-bond acceptors (Lipinski definition) is 3. The first-order chi connectivity index (χ1) is 6.42. The van der Waals surface area contributed by atoms with Gasteiger partial charge in [0, 0.05) is 6.20 Å². The fraction of sp³-hybridized carbons (Fsp3) is 0.333. The first-order valence-corrected chi connectivity index (χ1v) is 4.42. The molecule has 0 amide bonds. The largest absolute Gasteiger partial charge is 0.481 e. The molecule has 1 aromatic heterocycles. The SMILES string of the molecule is C[C@](N)(CC(=O)O)c1ccc(Cl)cn1. The van der Waals surface area contributed by atoms with Crippen molar-refractivity contribution < 1.29 is 9.90 Å². The van der Waals surface area contributed by atoms with Crippen LogP contribution < -0.4 is 5.73 Å². The average Bonchev–Trinajstić information content (AvgIpc) is 2.02. The van der Waals surface area contributed by atoms with E-state index in [2.05, 4.69) is 4.98 Å². The summed E-state index contributed by atoms with van der Waals surface area (Å²) in [4.78, 5) is 14.5. The van der Waals surface area contributed by atoms with Gasteiger partial charge in [-0.05, 0) is 19.1 Å². The van der Waals surface area contributed by atoms with E-state index < -0.39 is 11.5 Å². The quantitative estimate of drug-likeness (QED) is 0.797. The topological polar surface area (TPSA) is 76.2 Å². The van der Waals surface area contributed by atoms with Crippen molar-refractivity contribution in [3.8, 4) is 0 Å². The van der Waals surface area contributed by atoms with Crippen LogP contribution in [-0.4, -0.2) is 16.1 Å². The fourth-order valence-corrected chi connectivity index (χ4v) is 1.23. The summed E-state index contributed by atoms with van der Waals surface area (Å²) in [6, 6.07) is 3.27. The van der Waals surface area contributed by atoms with Crippen molar-refractivity contribution in [1.82, 2.24) is 4.98 Å². The van der Waals surface area contributed by atoms with Crippen LogP contribution in [0.3, 0.4) is 0 Å². The Balaban J connectivity index is 2.91. The molecule has 0 aliphatic rings. The molecular formula is C9H11ClN2O2. The number of halogens is 1. The van der Waals surface area contributed by atoms with E-state index in [1.807, 2.05) is 0 Å². The average molecular weight is 215 g/mol. The normalized spacial score (nSPS) is 14.8. The molecule has 0 radical (unpaired) electrons. The second kappa shape index (κ2) is 3.94. The molecule has 0 spiro atoms. The highest BCUT2D eigenvalue weighted by molar-refractivity contribution is 6.30. The zero-order valence-electron chi connectivity index (χ0n) is 7.70. The van der Waals surface area contributed by atoms with Crippen molar-refractivity contribution in [3.63, 3.8) is 0 Å². The molecule has 1 heterocycles. The lowest BCUT2D eigenvalue weighted by Crippen LogP contribution is -2.36. The van der Waals surface area contributed by atoms with Crippen LogP contribution in [0.25, 0.3) is 0 Å². The molecule has 5 heteroatoms. The van der Waals surface area contributed by atoms with Gasteiger partial charge in [-0.2, -0.15) is 0 Å². The Bertz CT molecular complexity index is 335. The van der Waals surface area contributed by atoms with Crippen LogP contribution in [0.5, 0.6) is 0 Å². The standard InChI is InChI=1S/C9H11ClN2O2/c1-9(11,4-8(13)14)7-3-2-6(10)5-12-7/h2-3,5H,4,11H2,1H3,(H,13,14)/t9-/m0/s1. The van der Waals surface area contributed by atoms with E-state index in [-0.39, 0.29) is 6.42 Å².